The van der Waals surface area contributed by atoms with Gasteiger partial charge in [0.15, 0.2) is 5.58 Å². The molecule has 124 valence electrons. The predicted molar refractivity (Wildman–Crippen MR) is 94.0 cm³/mol. The van der Waals surface area contributed by atoms with Crippen LogP contribution >= 0.6 is 23.4 Å². The van der Waals surface area contributed by atoms with E-state index in [2.05, 4.69) is 10.3 Å². The first-order valence-electron chi connectivity index (χ1n) is 8.19. The summed E-state index contributed by atoms with van der Waals surface area (Å²) in [5.74, 6) is 0.387. The molecule has 1 aliphatic carbocycles. The average molecular weight is 353 g/mol. The van der Waals surface area contributed by atoms with Crippen molar-refractivity contribution < 1.29 is 9.21 Å². The molecule has 3 rings (SSSR count). The highest BCUT2D eigenvalue weighted by Crippen LogP contribution is 2.25. The molecule has 0 unspecified atom stereocenters. The quantitative estimate of drug-likeness (QED) is 0.803. The lowest BCUT2D eigenvalue weighted by atomic mass is 9.97. The molecule has 6 heteroatoms. The SMILES string of the molecule is O=C(CSc1nc2cc(Cl)ccc2o1)NC1CCCCCCC1. The van der Waals surface area contributed by atoms with Gasteiger partial charge in [0.2, 0.25) is 5.91 Å². The number of hydrogen-bond donors (Lipinski definition) is 1. The van der Waals surface area contributed by atoms with Crippen LogP contribution in [0.4, 0.5) is 0 Å². The van der Waals surface area contributed by atoms with Gasteiger partial charge in [0.25, 0.3) is 5.22 Å². The second-order valence-corrected chi connectivity index (χ2v) is 7.35. The van der Waals surface area contributed by atoms with E-state index in [1.165, 1.54) is 43.9 Å². The van der Waals surface area contributed by atoms with Crippen molar-refractivity contribution in [1.29, 1.82) is 0 Å². The molecule has 0 bridgehead atoms. The van der Waals surface area contributed by atoms with E-state index in [1.807, 2.05) is 0 Å². The van der Waals surface area contributed by atoms with Crippen molar-refractivity contribution >= 4 is 40.4 Å². The predicted octanol–water partition coefficient (Wildman–Crippen LogP) is 4.80. The summed E-state index contributed by atoms with van der Waals surface area (Å²) in [6.45, 7) is 0. The molecule has 0 saturated heterocycles. The van der Waals surface area contributed by atoms with Gasteiger partial charge in [-0.05, 0) is 31.0 Å². The van der Waals surface area contributed by atoms with Crippen molar-refractivity contribution in [3.8, 4) is 0 Å². The number of aromatic nitrogens is 1. The Hall–Kier alpha value is -1.20. The van der Waals surface area contributed by atoms with Gasteiger partial charge in [-0.1, -0.05) is 55.5 Å². The van der Waals surface area contributed by atoms with Crippen molar-refractivity contribution in [2.75, 3.05) is 5.75 Å². The molecule has 0 spiro atoms. The number of oxazole rings is 1. The number of fused-ring (bicyclic) bond motifs is 1. The van der Waals surface area contributed by atoms with Gasteiger partial charge in [-0.3, -0.25) is 4.79 Å². The van der Waals surface area contributed by atoms with Crippen LogP contribution in [0.15, 0.2) is 27.8 Å². The Kier molecular flexibility index (Phi) is 5.84. The molecule has 23 heavy (non-hydrogen) atoms. The topological polar surface area (TPSA) is 55.1 Å². The Labute approximate surface area is 145 Å². The van der Waals surface area contributed by atoms with Gasteiger partial charge in [-0.2, -0.15) is 0 Å². The molecule has 0 atom stereocenters. The number of benzene rings is 1. The molecule has 1 aliphatic rings. The number of halogens is 1. The van der Waals surface area contributed by atoms with E-state index >= 15 is 0 Å². The van der Waals surface area contributed by atoms with E-state index in [-0.39, 0.29) is 5.91 Å². The lowest BCUT2D eigenvalue weighted by Crippen LogP contribution is -2.36. The zero-order chi connectivity index (χ0) is 16.1. The monoisotopic (exact) mass is 352 g/mol. The van der Waals surface area contributed by atoms with Crippen molar-refractivity contribution in [3.05, 3.63) is 23.2 Å². The third-order valence-corrected chi connectivity index (χ3v) is 5.19. The van der Waals surface area contributed by atoms with Crippen molar-refractivity contribution in [2.24, 2.45) is 0 Å². The lowest BCUT2D eigenvalue weighted by Gasteiger charge is -2.20. The fourth-order valence-corrected chi connectivity index (χ4v) is 3.75. The summed E-state index contributed by atoms with van der Waals surface area (Å²) in [6.07, 6.45) is 8.51. The van der Waals surface area contributed by atoms with Gasteiger partial charge in [-0.25, -0.2) is 4.98 Å². The van der Waals surface area contributed by atoms with E-state index in [0.29, 0.717) is 27.6 Å². The van der Waals surface area contributed by atoms with Gasteiger partial charge >= 0.3 is 0 Å². The van der Waals surface area contributed by atoms with Crippen LogP contribution in [0.1, 0.15) is 44.9 Å². The first-order valence-corrected chi connectivity index (χ1v) is 9.55. The molecule has 1 aromatic carbocycles. The smallest absolute Gasteiger partial charge is 0.257 e. The zero-order valence-electron chi connectivity index (χ0n) is 13.0. The number of carbonyl (C=O) groups excluding carboxylic acids is 1. The molecule has 1 amide bonds. The average Bonchev–Trinajstić information content (AvgIpc) is 2.90. The molecule has 1 heterocycles. The summed E-state index contributed by atoms with van der Waals surface area (Å²) in [4.78, 5) is 16.5. The maximum Gasteiger partial charge on any atom is 0.257 e. The molecule has 4 nitrogen and oxygen atoms in total. The number of nitrogens with zero attached hydrogens (tertiary/aromatic N) is 1. The largest absolute Gasteiger partial charge is 0.431 e. The zero-order valence-corrected chi connectivity index (χ0v) is 14.6. The maximum atomic E-state index is 12.1. The summed E-state index contributed by atoms with van der Waals surface area (Å²) in [7, 11) is 0. The fourth-order valence-electron chi connectivity index (χ4n) is 2.94. The molecule has 1 fully saturated rings. The molecule has 2 aromatic rings. The molecular formula is C17H21ClN2O2S. The molecule has 1 N–H and O–H groups in total. The third-order valence-electron chi connectivity index (χ3n) is 4.13. The van der Waals surface area contributed by atoms with E-state index in [1.54, 1.807) is 18.2 Å². The van der Waals surface area contributed by atoms with Crippen LogP contribution < -0.4 is 5.32 Å². The minimum absolute atomic E-state index is 0.0564. The third kappa shape index (κ3) is 4.88. The minimum atomic E-state index is 0.0564. The summed E-state index contributed by atoms with van der Waals surface area (Å²) < 4.78 is 5.61. The van der Waals surface area contributed by atoms with Crippen LogP contribution in [0.2, 0.25) is 5.02 Å². The molecule has 1 saturated carbocycles. The normalized spacial score (nSPS) is 16.9. The molecular weight excluding hydrogens is 332 g/mol. The van der Waals surface area contributed by atoms with Crippen LogP contribution in [0, 0.1) is 0 Å². The molecule has 1 aromatic heterocycles. The number of thioether (sulfide) groups is 1. The van der Waals surface area contributed by atoms with E-state index in [0.717, 1.165) is 18.4 Å². The Morgan fingerprint density at radius 3 is 2.78 bits per heavy atom. The number of rotatable bonds is 4. The van der Waals surface area contributed by atoms with Crippen LogP contribution in [0.5, 0.6) is 0 Å². The Morgan fingerprint density at radius 1 is 1.26 bits per heavy atom. The second kappa shape index (κ2) is 8.06. The minimum Gasteiger partial charge on any atom is -0.431 e. The van der Waals surface area contributed by atoms with Gasteiger partial charge in [0, 0.05) is 11.1 Å². The number of nitrogens with one attached hydrogen (secondary N) is 1. The van der Waals surface area contributed by atoms with Crippen LogP contribution in [-0.4, -0.2) is 22.7 Å². The van der Waals surface area contributed by atoms with Crippen LogP contribution in [0.3, 0.4) is 0 Å². The maximum absolute atomic E-state index is 12.1. The van der Waals surface area contributed by atoms with E-state index in [9.17, 15) is 4.79 Å². The fraction of sp³-hybridized carbons (Fsp3) is 0.529. The van der Waals surface area contributed by atoms with Crippen molar-refractivity contribution in [2.45, 2.75) is 56.2 Å². The highest BCUT2D eigenvalue weighted by molar-refractivity contribution is 7.99. The van der Waals surface area contributed by atoms with Crippen molar-refractivity contribution in [3.63, 3.8) is 0 Å². The van der Waals surface area contributed by atoms with Gasteiger partial charge in [-0.15, -0.1) is 0 Å². The second-order valence-electron chi connectivity index (χ2n) is 5.99. The number of hydrogen-bond acceptors (Lipinski definition) is 4. The van der Waals surface area contributed by atoms with Crippen LogP contribution in [-0.2, 0) is 4.79 Å². The van der Waals surface area contributed by atoms with Gasteiger partial charge in [0.1, 0.15) is 5.52 Å². The van der Waals surface area contributed by atoms with Gasteiger partial charge in [0.05, 0.1) is 5.75 Å². The van der Waals surface area contributed by atoms with E-state index < -0.39 is 0 Å². The van der Waals surface area contributed by atoms with E-state index in [4.69, 9.17) is 16.0 Å². The summed E-state index contributed by atoms with van der Waals surface area (Å²) >= 11 is 7.26. The first kappa shape index (κ1) is 16.7. The van der Waals surface area contributed by atoms with Crippen LogP contribution in [0.25, 0.3) is 11.1 Å². The molecule has 0 aliphatic heterocycles. The number of carbonyl (C=O) groups is 1. The van der Waals surface area contributed by atoms with Gasteiger partial charge < -0.3 is 9.73 Å². The summed E-state index contributed by atoms with van der Waals surface area (Å²) in [5, 5.41) is 4.29. The standard InChI is InChI=1S/C17H21ClN2O2S/c18-12-8-9-15-14(10-12)20-17(22-15)23-11-16(21)19-13-6-4-2-1-3-5-7-13/h8-10,13H,1-7,11H2,(H,19,21). The highest BCUT2D eigenvalue weighted by atomic mass is 35.5. The Bertz CT molecular complexity index is 666. The summed E-state index contributed by atoms with van der Waals surface area (Å²) in [6, 6.07) is 5.65. The summed E-state index contributed by atoms with van der Waals surface area (Å²) in [5.41, 5.74) is 1.41. The molecule has 0 radical (unpaired) electrons. The Balaban J connectivity index is 1.51. The number of amides is 1. The van der Waals surface area contributed by atoms with Crippen molar-refractivity contribution in [1.82, 2.24) is 10.3 Å². The highest BCUT2D eigenvalue weighted by Gasteiger charge is 2.15. The lowest BCUT2D eigenvalue weighted by molar-refractivity contribution is -0.119. The Morgan fingerprint density at radius 2 is 2.00 bits per heavy atom. The first-order chi connectivity index (χ1) is 11.2.